The van der Waals surface area contributed by atoms with Crippen LogP contribution in [0.25, 0.3) is 89.7 Å². The molecule has 0 spiro atoms. The Bertz CT molecular complexity index is 2510. The van der Waals surface area contributed by atoms with Gasteiger partial charge < -0.3 is 15.1 Å². The van der Waals surface area contributed by atoms with Gasteiger partial charge in [0.25, 0.3) is 0 Å². The standard InChI is InChI=1S/C33H18N8O2.Mo/c42-33(43)23-15-7-14-22-24(23)32-40-30-21-13-6-5-12-20(21)28(38-30)36-26-17-9-2-1-8-16(17)25(34-26)35-27-18-10-3-4-11-19(18)29(37-27)39-31(22)41-32;/h1-15H,(H,42,43)(H2,34,35,36,37,38,39,40,41);. The van der Waals surface area contributed by atoms with Crippen LogP contribution in [0.3, 0.4) is 0 Å². The molecule has 3 N–H and O–H groups in total. The van der Waals surface area contributed by atoms with E-state index >= 15 is 0 Å². The number of aromatic amines is 2. The maximum absolute atomic E-state index is 12.3. The smallest absolute Gasteiger partial charge is 0.336 e. The first-order chi connectivity index (χ1) is 21.1. The number of H-pyrrole nitrogens is 2. The van der Waals surface area contributed by atoms with Crippen LogP contribution in [0, 0.1) is 0 Å². The van der Waals surface area contributed by atoms with Crippen LogP contribution in [-0.4, -0.2) is 50.9 Å². The molecular formula is C33H18MoN8O2. The van der Waals surface area contributed by atoms with Crippen LogP contribution in [-0.2, 0) is 21.1 Å². The third-order valence-corrected chi connectivity index (χ3v) is 7.81. The van der Waals surface area contributed by atoms with Crippen LogP contribution in [0.4, 0.5) is 0 Å². The van der Waals surface area contributed by atoms with Crippen LogP contribution >= 0.6 is 0 Å². The normalized spacial score (nSPS) is 11.6. The van der Waals surface area contributed by atoms with Crippen LogP contribution in [0.5, 0.6) is 0 Å². The molecule has 0 atom stereocenters. The van der Waals surface area contributed by atoms with Gasteiger partial charge in [-0.2, -0.15) is 0 Å². The summed E-state index contributed by atoms with van der Waals surface area (Å²) >= 11 is 0. The van der Waals surface area contributed by atoms with Crippen molar-refractivity contribution in [3.05, 3.63) is 96.6 Å². The number of nitrogens with zero attached hydrogens (tertiary/aromatic N) is 6. The Balaban J connectivity index is 0.00000289. The summed E-state index contributed by atoms with van der Waals surface area (Å²) in [6.07, 6.45) is 0. The second-order valence-corrected chi connectivity index (χ2v) is 10.3. The van der Waals surface area contributed by atoms with Gasteiger partial charge in [0, 0.05) is 64.9 Å². The summed E-state index contributed by atoms with van der Waals surface area (Å²) in [6.45, 7) is 0. The van der Waals surface area contributed by atoms with E-state index in [1.165, 1.54) is 0 Å². The van der Waals surface area contributed by atoms with Crippen molar-refractivity contribution in [1.82, 2.24) is 39.9 Å². The molecule has 44 heavy (non-hydrogen) atoms. The SMILES string of the molecule is O=C(O)c1cccc2c3nc4nc(nc5[nH]c(nc6nc(nc([nH]3)c12)-c1ccccc1-6)c1ccccc51)-c1ccccc1-4.[Mo]. The quantitative estimate of drug-likeness (QED) is 0.169. The van der Waals surface area contributed by atoms with Gasteiger partial charge in [0.2, 0.25) is 0 Å². The molecule has 0 amide bonds. The summed E-state index contributed by atoms with van der Waals surface area (Å²) in [6, 6.07) is 28.5. The predicted molar refractivity (Wildman–Crippen MR) is 163 cm³/mol. The summed E-state index contributed by atoms with van der Waals surface area (Å²) in [5.41, 5.74) is 5.36. The van der Waals surface area contributed by atoms with E-state index in [2.05, 4.69) is 9.97 Å². The van der Waals surface area contributed by atoms with Gasteiger partial charge in [-0.15, -0.1) is 0 Å². The molecule has 11 heteroatoms. The number of carboxylic acid groups (broad SMARTS) is 1. The molecule has 9 rings (SSSR count). The summed E-state index contributed by atoms with van der Waals surface area (Å²) in [5, 5.41) is 12.9. The molecule has 2 aliphatic heterocycles. The first kappa shape index (κ1) is 26.1. The molecule has 0 radical (unpaired) electrons. The van der Waals surface area contributed by atoms with Crippen LogP contribution in [0.1, 0.15) is 10.4 Å². The molecular weight excluding hydrogens is 636 g/mol. The van der Waals surface area contributed by atoms with E-state index in [4.69, 9.17) is 29.9 Å². The molecule has 10 nitrogen and oxygen atoms in total. The topological polar surface area (TPSA) is 146 Å². The Labute approximate surface area is 262 Å². The van der Waals surface area contributed by atoms with Gasteiger partial charge in [-0.1, -0.05) is 84.9 Å². The van der Waals surface area contributed by atoms with Crippen molar-refractivity contribution < 1.29 is 31.0 Å². The zero-order valence-corrected chi connectivity index (χ0v) is 24.6. The number of rotatable bonds is 1. The van der Waals surface area contributed by atoms with E-state index in [0.29, 0.717) is 56.7 Å². The molecule has 7 aromatic rings. The zero-order valence-electron chi connectivity index (χ0n) is 22.6. The van der Waals surface area contributed by atoms with Crippen molar-refractivity contribution in [2.45, 2.75) is 0 Å². The average Bonchev–Trinajstić information content (AvgIpc) is 3.76. The van der Waals surface area contributed by atoms with Gasteiger partial charge in [0.05, 0.1) is 5.56 Å². The number of carbonyl (C=O) groups is 1. The summed E-state index contributed by atoms with van der Waals surface area (Å²) in [4.78, 5) is 48.5. The Kier molecular flexibility index (Phi) is 5.76. The number of aromatic carboxylic acids is 1. The van der Waals surface area contributed by atoms with Crippen LogP contribution in [0.2, 0.25) is 0 Å². The maximum Gasteiger partial charge on any atom is 0.336 e. The molecule has 2 aliphatic rings. The Morgan fingerprint density at radius 3 is 1.34 bits per heavy atom. The minimum atomic E-state index is -1.07. The predicted octanol–water partition coefficient (Wildman–Crippen LogP) is 6.56. The third kappa shape index (κ3) is 3.81. The number of nitrogens with one attached hydrogen (secondary N) is 2. The molecule has 0 unspecified atom stereocenters. The number of benzene rings is 4. The van der Waals surface area contributed by atoms with Gasteiger partial charge in [0.15, 0.2) is 23.3 Å². The number of hydrogen-bond donors (Lipinski definition) is 3. The molecule has 4 aromatic carbocycles. The molecule has 3 aromatic heterocycles. The number of aromatic nitrogens is 8. The zero-order chi connectivity index (χ0) is 28.7. The molecule has 208 valence electrons. The summed E-state index contributed by atoms with van der Waals surface area (Å²) < 4.78 is 0. The van der Waals surface area contributed by atoms with Crippen molar-refractivity contribution in [2.24, 2.45) is 0 Å². The molecule has 0 fully saturated rings. The van der Waals surface area contributed by atoms with Gasteiger partial charge in [-0.25, -0.2) is 34.7 Å². The Morgan fingerprint density at radius 2 is 0.864 bits per heavy atom. The first-order valence-corrected chi connectivity index (χ1v) is 13.6. The minimum absolute atomic E-state index is 0. The summed E-state index contributed by atoms with van der Waals surface area (Å²) in [5.74, 6) is 0.791. The number of fused-ring (bicyclic) bond motifs is 20. The van der Waals surface area contributed by atoms with Gasteiger partial charge in [-0.05, 0) is 6.07 Å². The van der Waals surface area contributed by atoms with Gasteiger partial charge in [0.1, 0.15) is 22.6 Å². The monoisotopic (exact) mass is 656 g/mol. The number of carboxylic acids is 1. The second kappa shape index (κ2) is 9.72. The first-order valence-electron chi connectivity index (χ1n) is 13.6. The fourth-order valence-corrected chi connectivity index (χ4v) is 5.87. The van der Waals surface area contributed by atoms with E-state index in [1.54, 1.807) is 12.1 Å². The van der Waals surface area contributed by atoms with Crippen LogP contribution < -0.4 is 0 Å². The fraction of sp³-hybridized carbons (Fsp3) is 0. The van der Waals surface area contributed by atoms with Crippen molar-refractivity contribution in [2.75, 3.05) is 0 Å². The molecule has 0 saturated carbocycles. The molecule has 5 heterocycles. The average molecular weight is 655 g/mol. The van der Waals surface area contributed by atoms with Crippen LogP contribution in [0.15, 0.2) is 91.0 Å². The second-order valence-electron chi connectivity index (χ2n) is 10.3. The van der Waals surface area contributed by atoms with Crippen molar-refractivity contribution >= 4 is 50.1 Å². The number of hydrogen-bond acceptors (Lipinski definition) is 7. The Hall–Kier alpha value is -5.60. The van der Waals surface area contributed by atoms with E-state index in [0.717, 1.165) is 33.0 Å². The minimum Gasteiger partial charge on any atom is -0.478 e. The van der Waals surface area contributed by atoms with E-state index in [-0.39, 0.29) is 26.6 Å². The summed E-state index contributed by atoms with van der Waals surface area (Å²) in [7, 11) is 0. The molecule has 8 bridgehead atoms. The maximum atomic E-state index is 12.3. The van der Waals surface area contributed by atoms with Crippen molar-refractivity contribution in [3.63, 3.8) is 0 Å². The van der Waals surface area contributed by atoms with E-state index in [1.807, 2.05) is 78.9 Å². The molecule has 0 saturated heterocycles. The third-order valence-electron chi connectivity index (χ3n) is 7.81. The van der Waals surface area contributed by atoms with Crippen molar-refractivity contribution in [1.29, 1.82) is 0 Å². The van der Waals surface area contributed by atoms with E-state index in [9.17, 15) is 9.90 Å². The van der Waals surface area contributed by atoms with Gasteiger partial charge in [-0.3, -0.25) is 0 Å². The largest absolute Gasteiger partial charge is 0.478 e. The fourth-order valence-electron chi connectivity index (χ4n) is 5.87. The Morgan fingerprint density at radius 1 is 0.477 bits per heavy atom. The molecule has 0 aliphatic carbocycles. The van der Waals surface area contributed by atoms with E-state index < -0.39 is 5.97 Å². The van der Waals surface area contributed by atoms with Crippen molar-refractivity contribution in [3.8, 4) is 45.6 Å². The van der Waals surface area contributed by atoms with Gasteiger partial charge >= 0.3 is 5.97 Å².